The first-order chi connectivity index (χ1) is 9.18. The van der Waals surface area contributed by atoms with Crippen molar-refractivity contribution in [3.8, 4) is 0 Å². The van der Waals surface area contributed by atoms with Crippen molar-refractivity contribution in [1.29, 1.82) is 0 Å². The summed E-state index contributed by atoms with van der Waals surface area (Å²) >= 11 is 0. The molecule has 1 fully saturated rings. The van der Waals surface area contributed by atoms with Gasteiger partial charge < -0.3 is 10.2 Å². The quantitative estimate of drug-likeness (QED) is 0.902. The first-order valence-corrected chi connectivity index (χ1v) is 7.13. The molecule has 0 aliphatic carbocycles. The molecule has 2 rings (SSSR count). The number of hydrogen-bond donors (Lipinski definition) is 1. The van der Waals surface area contributed by atoms with Crippen LogP contribution in [0.2, 0.25) is 0 Å². The highest BCUT2D eigenvalue weighted by molar-refractivity contribution is 5.94. The van der Waals surface area contributed by atoms with Crippen LogP contribution in [0.15, 0.2) is 24.5 Å². The van der Waals surface area contributed by atoms with E-state index in [1.54, 1.807) is 12.4 Å². The normalized spacial score (nSPS) is 19.4. The standard InChI is InChI=1S/C15H23N3O/c1-12(2)18(11-14-7-3-4-9-17-14)15(19)13-6-5-8-16-10-13/h5-6,8,10,12,14,17H,3-4,7,9,11H2,1-2H3. The van der Waals surface area contributed by atoms with E-state index in [9.17, 15) is 4.79 Å². The Labute approximate surface area is 115 Å². The van der Waals surface area contributed by atoms with Gasteiger partial charge in [0.1, 0.15) is 0 Å². The lowest BCUT2D eigenvalue weighted by atomic mass is 10.0. The predicted molar refractivity (Wildman–Crippen MR) is 76.1 cm³/mol. The van der Waals surface area contributed by atoms with Crippen LogP contribution in [-0.2, 0) is 0 Å². The molecule has 1 aromatic rings. The summed E-state index contributed by atoms with van der Waals surface area (Å²) in [6, 6.07) is 4.28. The molecule has 1 aromatic heterocycles. The van der Waals surface area contributed by atoms with E-state index in [0.29, 0.717) is 11.6 Å². The molecular weight excluding hydrogens is 238 g/mol. The van der Waals surface area contributed by atoms with Crippen molar-refractivity contribution in [2.75, 3.05) is 13.1 Å². The Morgan fingerprint density at radius 3 is 2.95 bits per heavy atom. The molecular formula is C15H23N3O. The van der Waals surface area contributed by atoms with E-state index in [4.69, 9.17) is 0 Å². The van der Waals surface area contributed by atoms with E-state index in [2.05, 4.69) is 24.1 Å². The minimum Gasteiger partial charge on any atom is -0.335 e. The van der Waals surface area contributed by atoms with Gasteiger partial charge in [0.15, 0.2) is 0 Å². The fraction of sp³-hybridized carbons (Fsp3) is 0.600. The average Bonchev–Trinajstić information content (AvgIpc) is 2.46. The summed E-state index contributed by atoms with van der Waals surface area (Å²) in [5.41, 5.74) is 0.673. The van der Waals surface area contributed by atoms with Gasteiger partial charge in [-0.15, -0.1) is 0 Å². The largest absolute Gasteiger partial charge is 0.335 e. The van der Waals surface area contributed by atoms with Gasteiger partial charge in [0.2, 0.25) is 0 Å². The van der Waals surface area contributed by atoms with Crippen molar-refractivity contribution in [3.63, 3.8) is 0 Å². The van der Waals surface area contributed by atoms with Crippen LogP contribution in [0.4, 0.5) is 0 Å². The zero-order valence-electron chi connectivity index (χ0n) is 11.8. The molecule has 2 heterocycles. The first-order valence-electron chi connectivity index (χ1n) is 7.13. The SMILES string of the molecule is CC(C)N(CC1CCCCN1)C(=O)c1cccnc1. The van der Waals surface area contributed by atoms with E-state index in [0.717, 1.165) is 19.5 Å². The molecule has 0 radical (unpaired) electrons. The van der Waals surface area contributed by atoms with Gasteiger partial charge in [-0.1, -0.05) is 6.42 Å². The highest BCUT2D eigenvalue weighted by Gasteiger charge is 2.23. The lowest BCUT2D eigenvalue weighted by Gasteiger charge is -2.33. The van der Waals surface area contributed by atoms with Gasteiger partial charge in [-0.3, -0.25) is 9.78 Å². The Kier molecular flexibility index (Phi) is 4.91. The fourth-order valence-electron chi connectivity index (χ4n) is 2.50. The third kappa shape index (κ3) is 3.77. The van der Waals surface area contributed by atoms with Crippen LogP contribution in [0.5, 0.6) is 0 Å². The van der Waals surface area contributed by atoms with Crippen molar-refractivity contribution in [2.45, 2.75) is 45.2 Å². The summed E-state index contributed by atoms with van der Waals surface area (Å²) < 4.78 is 0. The average molecular weight is 261 g/mol. The minimum atomic E-state index is 0.0791. The molecule has 1 unspecified atom stereocenters. The van der Waals surface area contributed by atoms with E-state index >= 15 is 0 Å². The summed E-state index contributed by atoms with van der Waals surface area (Å²) in [6.45, 7) is 5.98. The zero-order valence-corrected chi connectivity index (χ0v) is 11.8. The second-order valence-corrected chi connectivity index (χ2v) is 5.44. The molecule has 1 saturated heterocycles. The van der Waals surface area contributed by atoms with Gasteiger partial charge in [0, 0.05) is 31.0 Å². The highest BCUT2D eigenvalue weighted by Crippen LogP contribution is 2.13. The molecule has 1 aliphatic heterocycles. The minimum absolute atomic E-state index is 0.0791. The molecule has 104 valence electrons. The van der Waals surface area contributed by atoms with Gasteiger partial charge >= 0.3 is 0 Å². The number of carbonyl (C=O) groups excluding carboxylic acids is 1. The number of piperidine rings is 1. The topological polar surface area (TPSA) is 45.2 Å². The van der Waals surface area contributed by atoms with E-state index in [1.807, 2.05) is 17.0 Å². The summed E-state index contributed by atoms with van der Waals surface area (Å²) in [6.07, 6.45) is 6.99. The Morgan fingerprint density at radius 2 is 2.37 bits per heavy atom. The zero-order chi connectivity index (χ0) is 13.7. The molecule has 0 spiro atoms. The van der Waals surface area contributed by atoms with Crippen LogP contribution in [0, 0.1) is 0 Å². The Hall–Kier alpha value is -1.42. The molecule has 1 amide bonds. The molecule has 1 N–H and O–H groups in total. The maximum absolute atomic E-state index is 12.5. The summed E-state index contributed by atoms with van der Waals surface area (Å²) in [7, 11) is 0. The molecule has 1 atom stereocenters. The van der Waals surface area contributed by atoms with E-state index < -0.39 is 0 Å². The molecule has 0 bridgehead atoms. The number of nitrogens with one attached hydrogen (secondary N) is 1. The second-order valence-electron chi connectivity index (χ2n) is 5.44. The third-order valence-electron chi connectivity index (χ3n) is 3.62. The van der Waals surface area contributed by atoms with E-state index in [1.165, 1.54) is 12.8 Å². The van der Waals surface area contributed by atoms with Crippen molar-refractivity contribution in [1.82, 2.24) is 15.2 Å². The molecule has 0 aromatic carbocycles. The van der Waals surface area contributed by atoms with Gasteiger partial charge in [0.05, 0.1) is 5.56 Å². The van der Waals surface area contributed by atoms with Crippen LogP contribution >= 0.6 is 0 Å². The Balaban J connectivity index is 2.05. The molecule has 0 saturated carbocycles. The highest BCUT2D eigenvalue weighted by atomic mass is 16.2. The van der Waals surface area contributed by atoms with Crippen LogP contribution in [0.25, 0.3) is 0 Å². The predicted octanol–water partition coefficient (Wildman–Crippen LogP) is 2.07. The number of pyridine rings is 1. The molecule has 4 heteroatoms. The molecule has 19 heavy (non-hydrogen) atoms. The number of hydrogen-bond acceptors (Lipinski definition) is 3. The van der Waals surface area contributed by atoms with E-state index in [-0.39, 0.29) is 11.9 Å². The molecule has 1 aliphatic rings. The van der Waals surface area contributed by atoms with Crippen LogP contribution in [-0.4, -0.2) is 41.0 Å². The smallest absolute Gasteiger partial charge is 0.255 e. The summed E-state index contributed by atoms with van der Waals surface area (Å²) in [5, 5.41) is 3.50. The third-order valence-corrected chi connectivity index (χ3v) is 3.62. The van der Waals surface area contributed by atoms with Crippen LogP contribution in [0.3, 0.4) is 0 Å². The lowest BCUT2D eigenvalue weighted by Crippen LogP contribution is -2.48. The maximum Gasteiger partial charge on any atom is 0.255 e. The van der Waals surface area contributed by atoms with Crippen LogP contribution < -0.4 is 5.32 Å². The van der Waals surface area contributed by atoms with Gasteiger partial charge in [0.25, 0.3) is 5.91 Å². The number of carbonyl (C=O) groups is 1. The van der Waals surface area contributed by atoms with Crippen molar-refractivity contribution < 1.29 is 4.79 Å². The number of amides is 1. The Morgan fingerprint density at radius 1 is 1.53 bits per heavy atom. The van der Waals surface area contributed by atoms with Crippen LogP contribution in [0.1, 0.15) is 43.5 Å². The van der Waals surface area contributed by atoms with Crippen molar-refractivity contribution in [3.05, 3.63) is 30.1 Å². The number of rotatable bonds is 4. The summed E-state index contributed by atoms with van der Waals surface area (Å²) in [4.78, 5) is 18.5. The fourth-order valence-corrected chi connectivity index (χ4v) is 2.50. The Bertz CT molecular complexity index is 399. The van der Waals surface area contributed by atoms with Gasteiger partial charge in [-0.25, -0.2) is 0 Å². The van der Waals surface area contributed by atoms with Crippen molar-refractivity contribution in [2.24, 2.45) is 0 Å². The molecule has 4 nitrogen and oxygen atoms in total. The van der Waals surface area contributed by atoms with Crippen molar-refractivity contribution >= 4 is 5.91 Å². The van der Waals surface area contributed by atoms with Gasteiger partial charge in [-0.2, -0.15) is 0 Å². The number of nitrogens with zero attached hydrogens (tertiary/aromatic N) is 2. The lowest BCUT2D eigenvalue weighted by molar-refractivity contribution is 0.0676. The van der Waals surface area contributed by atoms with Gasteiger partial charge in [-0.05, 0) is 45.4 Å². The second kappa shape index (κ2) is 6.66. The monoisotopic (exact) mass is 261 g/mol. The maximum atomic E-state index is 12.5. The summed E-state index contributed by atoms with van der Waals surface area (Å²) in [5.74, 6) is 0.0791. The first kappa shape index (κ1) is 14.0. The number of aromatic nitrogens is 1.